The van der Waals surface area contributed by atoms with Crippen LogP contribution in [0.2, 0.25) is 0 Å². The lowest BCUT2D eigenvalue weighted by atomic mass is 10.2. The van der Waals surface area contributed by atoms with Gasteiger partial charge < -0.3 is 9.88 Å². The van der Waals surface area contributed by atoms with E-state index in [0.29, 0.717) is 12.1 Å². The lowest BCUT2D eigenvalue weighted by Crippen LogP contribution is -2.22. The second kappa shape index (κ2) is 8.38. The molecule has 0 saturated carbocycles. The highest BCUT2D eigenvalue weighted by Gasteiger charge is 2.20. The fourth-order valence-electron chi connectivity index (χ4n) is 3.12. The molecule has 0 fully saturated rings. The molecule has 2 aromatic heterocycles. The van der Waals surface area contributed by atoms with E-state index in [1.54, 1.807) is 18.3 Å². The highest BCUT2D eigenvalue weighted by Crippen LogP contribution is 2.23. The first kappa shape index (κ1) is 20.4. The lowest BCUT2D eigenvalue weighted by molar-refractivity contribution is 0.521. The molecule has 2 heterocycles. The number of hydrogen-bond acceptors (Lipinski definition) is 5. The molecule has 0 aliphatic rings. The summed E-state index contributed by atoms with van der Waals surface area (Å²) in [6, 6.07) is 11.1. The zero-order chi connectivity index (χ0) is 20.3. The lowest BCUT2D eigenvalue weighted by Gasteiger charge is -2.14. The van der Waals surface area contributed by atoms with Crippen LogP contribution in [0.25, 0.3) is 11.0 Å². The normalized spacial score (nSPS) is 13.3. The number of imidazole rings is 1. The first-order valence-electron chi connectivity index (χ1n) is 9.40. The predicted octanol–water partition coefficient (Wildman–Crippen LogP) is 2.94. The summed E-state index contributed by atoms with van der Waals surface area (Å²) in [6.45, 7) is 5.58. The third-order valence-corrected chi connectivity index (χ3v) is 6.53. The van der Waals surface area contributed by atoms with Crippen molar-refractivity contribution in [2.75, 3.05) is 14.1 Å². The number of hydrogen-bond donors (Lipinski definition) is 1. The van der Waals surface area contributed by atoms with Crippen LogP contribution in [0.5, 0.6) is 0 Å². The highest BCUT2D eigenvalue weighted by molar-refractivity contribution is 7.89. The van der Waals surface area contributed by atoms with Crippen molar-refractivity contribution < 1.29 is 8.42 Å². The van der Waals surface area contributed by atoms with Crippen LogP contribution in [-0.4, -0.2) is 41.4 Å². The molecule has 150 valence electrons. The molecule has 1 aromatic carbocycles. The first-order valence-corrected chi connectivity index (χ1v) is 10.8. The van der Waals surface area contributed by atoms with E-state index in [9.17, 15) is 8.42 Å². The number of rotatable bonds is 8. The molecule has 0 aliphatic carbocycles. The van der Waals surface area contributed by atoms with Crippen LogP contribution in [0.4, 0.5) is 0 Å². The van der Waals surface area contributed by atoms with Crippen molar-refractivity contribution in [3.8, 4) is 0 Å². The van der Waals surface area contributed by atoms with Gasteiger partial charge in [0.1, 0.15) is 5.82 Å². The van der Waals surface area contributed by atoms with Crippen LogP contribution in [0.3, 0.4) is 0 Å². The minimum Gasteiger partial charge on any atom is -0.327 e. The molecule has 1 unspecified atom stereocenters. The summed E-state index contributed by atoms with van der Waals surface area (Å²) in [5, 5.41) is 3.47. The summed E-state index contributed by atoms with van der Waals surface area (Å²) in [6.07, 6.45) is 2.75. The molecule has 8 heteroatoms. The summed E-state index contributed by atoms with van der Waals surface area (Å²) in [4.78, 5) is 9.37. The fourth-order valence-corrected chi connectivity index (χ4v) is 4.04. The largest absolute Gasteiger partial charge is 0.327 e. The molecule has 0 spiro atoms. The maximum atomic E-state index is 12.4. The minimum absolute atomic E-state index is 0.0840. The van der Waals surface area contributed by atoms with E-state index in [0.717, 1.165) is 30.0 Å². The predicted molar refractivity (Wildman–Crippen MR) is 110 cm³/mol. The SMILES string of the molecule is CCCn1c(CNC(C)c2ccccn2)nc2cc(S(=O)(=O)N(C)C)ccc21. The van der Waals surface area contributed by atoms with Gasteiger partial charge in [-0.25, -0.2) is 17.7 Å². The number of nitrogens with one attached hydrogen (secondary N) is 1. The number of aromatic nitrogens is 3. The third kappa shape index (κ3) is 4.09. The van der Waals surface area contributed by atoms with Crippen molar-refractivity contribution >= 4 is 21.1 Å². The van der Waals surface area contributed by atoms with Gasteiger partial charge in [-0.15, -0.1) is 0 Å². The van der Waals surface area contributed by atoms with Crippen molar-refractivity contribution in [2.45, 2.75) is 44.3 Å². The van der Waals surface area contributed by atoms with E-state index >= 15 is 0 Å². The second-order valence-corrected chi connectivity index (χ2v) is 9.13. The number of sulfonamides is 1. The minimum atomic E-state index is -3.49. The average Bonchev–Trinajstić information content (AvgIpc) is 3.03. The molecule has 0 aliphatic heterocycles. The summed E-state index contributed by atoms with van der Waals surface area (Å²) in [7, 11) is -0.423. The van der Waals surface area contributed by atoms with Crippen molar-refractivity contribution in [1.82, 2.24) is 24.2 Å². The number of aryl methyl sites for hydroxylation is 1. The number of nitrogens with zero attached hydrogens (tertiary/aromatic N) is 4. The van der Waals surface area contributed by atoms with Crippen LogP contribution >= 0.6 is 0 Å². The molecule has 0 saturated heterocycles. The van der Waals surface area contributed by atoms with Gasteiger partial charge in [-0.05, 0) is 43.7 Å². The first-order chi connectivity index (χ1) is 13.3. The molecule has 0 bridgehead atoms. The van der Waals surface area contributed by atoms with Crippen molar-refractivity contribution in [3.63, 3.8) is 0 Å². The highest BCUT2D eigenvalue weighted by atomic mass is 32.2. The molecule has 3 aromatic rings. The Kier molecular flexibility index (Phi) is 6.12. The van der Waals surface area contributed by atoms with E-state index < -0.39 is 10.0 Å². The Morgan fingerprint density at radius 1 is 1.21 bits per heavy atom. The van der Waals surface area contributed by atoms with Crippen LogP contribution in [0.1, 0.15) is 37.8 Å². The molecule has 1 N–H and O–H groups in total. The number of benzene rings is 1. The van der Waals surface area contributed by atoms with E-state index in [1.807, 2.05) is 24.3 Å². The smallest absolute Gasteiger partial charge is 0.242 e. The van der Waals surface area contributed by atoms with Crippen molar-refractivity contribution in [2.24, 2.45) is 0 Å². The van der Waals surface area contributed by atoms with Crippen molar-refractivity contribution in [3.05, 3.63) is 54.1 Å². The Morgan fingerprint density at radius 2 is 2.00 bits per heavy atom. The zero-order valence-corrected chi connectivity index (χ0v) is 17.6. The van der Waals surface area contributed by atoms with Gasteiger partial charge in [0.25, 0.3) is 0 Å². The van der Waals surface area contributed by atoms with Gasteiger partial charge >= 0.3 is 0 Å². The molecule has 0 radical (unpaired) electrons. The summed E-state index contributed by atoms with van der Waals surface area (Å²) in [5.74, 6) is 0.888. The van der Waals surface area contributed by atoms with Crippen molar-refractivity contribution in [1.29, 1.82) is 0 Å². The standard InChI is InChI=1S/C20H27N5O2S/c1-5-12-25-19-10-9-16(28(26,27)24(3)4)13-18(19)23-20(25)14-22-15(2)17-8-6-7-11-21-17/h6-11,13,15,22H,5,12,14H2,1-4H3. The third-order valence-electron chi connectivity index (χ3n) is 4.72. The summed E-state index contributed by atoms with van der Waals surface area (Å²) >= 11 is 0. The average molecular weight is 402 g/mol. The number of pyridine rings is 1. The van der Waals surface area contributed by atoms with E-state index in [4.69, 9.17) is 4.98 Å². The van der Waals surface area contributed by atoms with Gasteiger partial charge in [0.15, 0.2) is 0 Å². The molecule has 3 rings (SSSR count). The Morgan fingerprint density at radius 3 is 2.64 bits per heavy atom. The summed E-state index contributed by atoms with van der Waals surface area (Å²) in [5.41, 5.74) is 2.61. The molecule has 1 atom stereocenters. The number of fused-ring (bicyclic) bond motifs is 1. The fraction of sp³-hybridized carbons (Fsp3) is 0.400. The van der Waals surface area contributed by atoms with E-state index in [1.165, 1.54) is 18.4 Å². The van der Waals surface area contributed by atoms with Gasteiger partial charge in [0, 0.05) is 32.9 Å². The van der Waals surface area contributed by atoms with Gasteiger partial charge in [0.05, 0.1) is 28.2 Å². The maximum absolute atomic E-state index is 12.4. The Hall–Kier alpha value is -2.29. The molecular weight excluding hydrogens is 374 g/mol. The van der Waals surface area contributed by atoms with Gasteiger partial charge in [0.2, 0.25) is 10.0 Å². The molecule has 28 heavy (non-hydrogen) atoms. The monoisotopic (exact) mass is 401 g/mol. The van der Waals surface area contributed by atoms with Crippen LogP contribution in [-0.2, 0) is 23.1 Å². The Labute approximate surface area is 166 Å². The van der Waals surface area contributed by atoms with E-state index in [-0.39, 0.29) is 10.9 Å². The quantitative estimate of drug-likeness (QED) is 0.628. The molecule has 0 amide bonds. The van der Waals surface area contributed by atoms with Crippen LogP contribution < -0.4 is 5.32 Å². The topological polar surface area (TPSA) is 80.1 Å². The van der Waals surface area contributed by atoms with Gasteiger partial charge in [-0.2, -0.15) is 0 Å². The molecule has 7 nitrogen and oxygen atoms in total. The summed E-state index contributed by atoms with van der Waals surface area (Å²) < 4.78 is 28.2. The molecular formula is C20H27N5O2S. The maximum Gasteiger partial charge on any atom is 0.242 e. The van der Waals surface area contributed by atoms with Gasteiger partial charge in [-0.3, -0.25) is 4.98 Å². The zero-order valence-electron chi connectivity index (χ0n) is 16.8. The Bertz CT molecular complexity index is 1050. The van der Waals surface area contributed by atoms with E-state index in [2.05, 4.69) is 28.7 Å². The second-order valence-electron chi connectivity index (χ2n) is 6.97. The van der Waals surface area contributed by atoms with Crippen LogP contribution in [0.15, 0.2) is 47.5 Å². The van der Waals surface area contributed by atoms with Crippen LogP contribution in [0, 0.1) is 0 Å². The van der Waals surface area contributed by atoms with Gasteiger partial charge in [-0.1, -0.05) is 13.0 Å². The Balaban J connectivity index is 1.92.